The summed E-state index contributed by atoms with van der Waals surface area (Å²) >= 11 is 0. The van der Waals surface area contributed by atoms with Gasteiger partial charge < -0.3 is 102 Å². The van der Waals surface area contributed by atoms with Crippen molar-refractivity contribution in [1.82, 2.24) is 16.0 Å². The molecule has 3 saturated heterocycles. The molecule has 27 nitrogen and oxygen atoms in total. The number of esters is 3. The molecule has 3 fully saturated rings. The van der Waals surface area contributed by atoms with Crippen LogP contribution in [0.1, 0.15) is 122 Å². The zero-order chi connectivity index (χ0) is 67.7. The Hall–Kier alpha value is -3.78. The molecule has 3 amide bonds. The summed E-state index contributed by atoms with van der Waals surface area (Å²) in [6.07, 6.45) is 0.871. The van der Waals surface area contributed by atoms with Crippen LogP contribution < -0.4 is 21.7 Å². The van der Waals surface area contributed by atoms with Gasteiger partial charge in [-0.2, -0.15) is 0 Å². The van der Waals surface area contributed by atoms with E-state index in [0.717, 1.165) is 19.3 Å². The van der Waals surface area contributed by atoms with Crippen LogP contribution in [0.25, 0.3) is 0 Å². The van der Waals surface area contributed by atoms with Crippen LogP contribution in [0.15, 0.2) is 0 Å². The molecule has 0 aromatic heterocycles. The smallest absolute Gasteiger partial charge is 0.302 e. The molecule has 0 aromatic rings. The monoisotopic (exact) mass is 1320 g/mol. The summed E-state index contributed by atoms with van der Waals surface area (Å²) in [7, 11) is 0. The van der Waals surface area contributed by atoms with Crippen LogP contribution in [0.3, 0.4) is 0 Å². The number of ether oxygens (including phenoxy) is 17. The van der Waals surface area contributed by atoms with Gasteiger partial charge in [0, 0.05) is 90.6 Å². The third-order valence-corrected chi connectivity index (χ3v) is 17.6. The first-order valence-electron chi connectivity index (χ1n) is 33.5. The highest BCUT2D eigenvalue weighted by atomic mass is 16.7. The minimum Gasteiger partial charge on any atom is -0.463 e. The SMILES string of the molecule is CC(=O)OCC1OC(OCCCCCOCCNC(=O)CCOCC(N)(COCCC(=O)NCCOCCOCCOC2OC(COC(C)=O)C(C)C(C)C2C)COCCC(=O)NCCOCCOCCOC2OC(COC(C)=O)C(C)C(C)C2C)C(C)C(C)C1C. The second-order valence-electron chi connectivity index (χ2n) is 24.8. The molecular formula is C65H118N4O23. The van der Waals surface area contributed by atoms with Crippen LogP contribution in [-0.2, 0) is 109 Å². The molecule has 0 aliphatic carbocycles. The van der Waals surface area contributed by atoms with Crippen molar-refractivity contribution in [1.29, 1.82) is 0 Å². The van der Waals surface area contributed by atoms with Crippen molar-refractivity contribution in [3.05, 3.63) is 0 Å². The Morgan fingerprint density at radius 3 is 0.946 bits per heavy atom. The van der Waals surface area contributed by atoms with Gasteiger partial charge in [0.2, 0.25) is 17.7 Å². The summed E-state index contributed by atoms with van der Waals surface area (Å²) in [6.45, 7) is 29.5. The Balaban J connectivity index is 1.29. The second kappa shape index (κ2) is 48.0. The van der Waals surface area contributed by atoms with Crippen LogP contribution >= 0.6 is 0 Å². The lowest BCUT2D eigenvalue weighted by molar-refractivity contribution is -0.258. The number of unbranched alkanes of at least 4 members (excludes halogenated alkanes) is 2. The van der Waals surface area contributed by atoms with Crippen LogP contribution in [-0.4, -0.2) is 243 Å². The summed E-state index contributed by atoms with van der Waals surface area (Å²) in [6, 6.07) is 0. The molecule has 0 radical (unpaired) electrons. The van der Waals surface area contributed by atoms with Gasteiger partial charge in [0.1, 0.15) is 19.8 Å². The second-order valence-corrected chi connectivity index (χ2v) is 24.8. The van der Waals surface area contributed by atoms with Gasteiger partial charge in [-0.05, 0) is 54.8 Å². The highest BCUT2D eigenvalue weighted by Crippen LogP contribution is 2.38. The minimum atomic E-state index is -1.17. The van der Waals surface area contributed by atoms with Gasteiger partial charge in [-0.3, -0.25) is 28.8 Å². The van der Waals surface area contributed by atoms with E-state index in [1.165, 1.54) is 20.8 Å². The third-order valence-electron chi connectivity index (χ3n) is 17.6. The number of nitrogens with two attached hydrogens (primary N) is 1. The van der Waals surface area contributed by atoms with Gasteiger partial charge in [-0.25, -0.2) is 0 Å². The van der Waals surface area contributed by atoms with Crippen molar-refractivity contribution in [2.75, 3.05) is 165 Å². The minimum absolute atomic E-state index is 0.0327. The fourth-order valence-electron chi connectivity index (χ4n) is 10.6. The topological polar surface area (TPSA) is 321 Å². The van der Waals surface area contributed by atoms with E-state index >= 15 is 0 Å². The Labute approximate surface area is 547 Å². The van der Waals surface area contributed by atoms with Crippen molar-refractivity contribution in [3.63, 3.8) is 0 Å². The van der Waals surface area contributed by atoms with Crippen molar-refractivity contribution in [3.8, 4) is 0 Å². The van der Waals surface area contributed by atoms with Crippen LogP contribution in [0.5, 0.6) is 0 Å². The molecule has 92 heavy (non-hydrogen) atoms. The van der Waals surface area contributed by atoms with Crippen LogP contribution in [0.4, 0.5) is 0 Å². The van der Waals surface area contributed by atoms with Crippen molar-refractivity contribution >= 4 is 35.6 Å². The molecule has 536 valence electrons. The van der Waals surface area contributed by atoms with E-state index in [0.29, 0.717) is 97.0 Å². The zero-order valence-corrected chi connectivity index (χ0v) is 57.5. The predicted octanol–water partition coefficient (Wildman–Crippen LogP) is 4.14. The lowest BCUT2D eigenvalue weighted by Gasteiger charge is -2.43. The average Bonchev–Trinajstić information content (AvgIpc) is 0.981. The lowest BCUT2D eigenvalue weighted by atomic mass is 9.79. The van der Waals surface area contributed by atoms with Crippen LogP contribution in [0.2, 0.25) is 0 Å². The van der Waals surface area contributed by atoms with E-state index in [4.69, 9.17) is 86.3 Å². The Morgan fingerprint density at radius 1 is 0.337 bits per heavy atom. The van der Waals surface area contributed by atoms with Crippen molar-refractivity contribution in [2.24, 2.45) is 59.0 Å². The quantitative estimate of drug-likeness (QED) is 0.0378. The molecule has 0 aromatic carbocycles. The highest BCUT2D eigenvalue weighted by Gasteiger charge is 2.43. The summed E-state index contributed by atoms with van der Waals surface area (Å²) in [4.78, 5) is 72.0. The van der Waals surface area contributed by atoms with Gasteiger partial charge in [0.05, 0.1) is 136 Å². The maximum absolute atomic E-state index is 12.7. The first-order valence-corrected chi connectivity index (χ1v) is 33.5. The molecular weight excluding hydrogens is 1200 g/mol. The van der Waals surface area contributed by atoms with E-state index in [2.05, 4.69) is 78.3 Å². The standard InChI is InChI=1S/C65H118N4O23/c1-44-47(4)56(38-87-53(10)70)90-62(50(44)7)84-23-15-13-14-22-76-27-19-67-59(73)16-24-81-41-65(66,42-82-25-17-60(74)68-20-28-77-30-32-79-34-36-85-63-51(8)45(2)48(5)57(91-63)39-88-54(11)71)43-83-26-18-61(75)69-21-29-78-31-33-80-35-37-86-64-52(9)46(3)49(6)58(92-64)40-89-55(12)72/h44-52,56-58,62-64H,13-43,66H2,1-12H3,(H,67,73)(H,68,74)(H,69,75). The van der Waals surface area contributed by atoms with Gasteiger partial charge in [0.15, 0.2) is 18.9 Å². The maximum atomic E-state index is 12.7. The highest BCUT2D eigenvalue weighted by molar-refractivity contribution is 5.76. The Kier molecular flexibility index (Phi) is 43.0. The third kappa shape index (κ3) is 34.8. The fraction of sp³-hybridized carbons (Fsp3) is 0.908. The molecule has 27 heteroatoms. The average molecular weight is 1320 g/mol. The molecule has 15 atom stereocenters. The molecule has 3 aliphatic rings. The summed E-state index contributed by atoms with van der Waals surface area (Å²) < 4.78 is 98.0. The molecule has 5 N–H and O–H groups in total. The molecule has 3 rings (SSSR count). The van der Waals surface area contributed by atoms with E-state index in [1.807, 2.05) is 0 Å². The Morgan fingerprint density at radius 2 is 0.620 bits per heavy atom. The molecule has 3 heterocycles. The van der Waals surface area contributed by atoms with E-state index in [9.17, 15) is 28.8 Å². The first kappa shape index (κ1) is 82.5. The summed E-state index contributed by atoms with van der Waals surface area (Å²) in [5.74, 6) is 0.443. The van der Waals surface area contributed by atoms with Crippen molar-refractivity contribution < 1.29 is 109 Å². The van der Waals surface area contributed by atoms with Crippen LogP contribution in [0, 0.1) is 53.3 Å². The van der Waals surface area contributed by atoms with Crippen molar-refractivity contribution in [2.45, 2.75) is 164 Å². The van der Waals surface area contributed by atoms with E-state index in [1.54, 1.807) is 0 Å². The van der Waals surface area contributed by atoms with E-state index < -0.39 is 18.1 Å². The summed E-state index contributed by atoms with van der Waals surface area (Å²) in [5.41, 5.74) is 5.56. The molecule has 0 bridgehead atoms. The molecule has 0 saturated carbocycles. The number of amides is 3. The number of rotatable bonds is 51. The molecule has 3 aliphatic heterocycles. The molecule has 0 spiro atoms. The first-order chi connectivity index (χ1) is 44.0. The van der Waals surface area contributed by atoms with Gasteiger partial charge >= 0.3 is 17.9 Å². The lowest BCUT2D eigenvalue weighted by Crippen LogP contribution is -2.53. The van der Waals surface area contributed by atoms with E-state index in [-0.39, 0.29) is 201 Å². The van der Waals surface area contributed by atoms with Gasteiger partial charge in [-0.15, -0.1) is 0 Å². The maximum Gasteiger partial charge on any atom is 0.302 e. The zero-order valence-electron chi connectivity index (χ0n) is 57.5. The fourth-order valence-corrected chi connectivity index (χ4v) is 10.6. The summed E-state index contributed by atoms with van der Waals surface area (Å²) in [5, 5.41) is 8.46. The largest absolute Gasteiger partial charge is 0.463 e. The predicted molar refractivity (Wildman–Crippen MR) is 336 cm³/mol. The number of carbonyl (C=O) groups is 6. The molecule has 15 unspecified atom stereocenters. The Bertz CT molecular complexity index is 1820. The number of carbonyl (C=O) groups excluding carboxylic acids is 6. The number of nitrogens with one attached hydrogen (secondary N) is 3. The van der Waals surface area contributed by atoms with Gasteiger partial charge in [0.25, 0.3) is 0 Å². The normalized spacial score (nSPS) is 27.2. The van der Waals surface area contributed by atoms with Gasteiger partial charge in [-0.1, -0.05) is 62.3 Å². The number of hydrogen-bond acceptors (Lipinski definition) is 24. The number of hydrogen-bond donors (Lipinski definition) is 4.